The van der Waals surface area contributed by atoms with E-state index in [1.165, 1.54) is 4.68 Å². The molecule has 2 heterocycles. The number of nitrogens with one attached hydrogen (secondary N) is 1. The lowest BCUT2D eigenvalue weighted by atomic mass is 9.90. The van der Waals surface area contributed by atoms with Crippen LogP contribution in [0, 0.1) is 5.92 Å². The third-order valence-corrected chi connectivity index (χ3v) is 5.05. The van der Waals surface area contributed by atoms with Gasteiger partial charge in [0.2, 0.25) is 0 Å². The van der Waals surface area contributed by atoms with Crippen LogP contribution in [0.4, 0.5) is 5.69 Å². The summed E-state index contributed by atoms with van der Waals surface area (Å²) in [6.07, 6.45) is 4.09. The number of rotatable bonds is 4. The Balaban J connectivity index is 2.11. The van der Waals surface area contributed by atoms with Crippen LogP contribution in [-0.4, -0.2) is 36.0 Å². The van der Waals surface area contributed by atoms with Gasteiger partial charge in [0.05, 0.1) is 11.9 Å². The fraction of sp³-hybridized carbons (Fsp3) is 0.714. The van der Waals surface area contributed by atoms with Gasteiger partial charge >= 0.3 is 0 Å². The molecule has 1 fully saturated rings. The van der Waals surface area contributed by atoms with Crippen molar-refractivity contribution >= 4 is 21.6 Å². The van der Waals surface area contributed by atoms with Gasteiger partial charge < -0.3 is 10.2 Å². The van der Waals surface area contributed by atoms with Crippen molar-refractivity contribution in [3.63, 3.8) is 0 Å². The lowest BCUT2D eigenvalue weighted by Crippen LogP contribution is -2.41. The Morgan fingerprint density at radius 2 is 2.15 bits per heavy atom. The minimum Gasteiger partial charge on any atom is -0.369 e. The predicted molar refractivity (Wildman–Crippen MR) is 85.3 cm³/mol. The number of nitrogens with zero attached hydrogens (tertiary/aromatic N) is 3. The van der Waals surface area contributed by atoms with Crippen molar-refractivity contribution in [1.29, 1.82) is 0 Å². The molecular formula is C14H23BrN4O. The van der Waals surface area contributed by atoms with E-state index in [1.54, 1.807) is 6.20 Å². The summed E-state index contributed by atoms with van der Waals surface area (Å²) >= 11 is 3.44. The van der Waals surface area contributed by atoms with Crippen LogP contribution in [-0.2, 0) is 6.54 Å². The van der Waals surface area contributed by atoms with Crippen LogP contribution in [0.1, 0.15) is 26.7 Å². The molecule has 5 nitrogen and oxygen atoms in total. The highest BCUT2D eigenvalue weighted by Gasteiger charge is 2.25. The number of anilines is 1. The molecule has 20 heavy (non-hydrogen) atoms. The van der Waals surface area contributed by atoms with Crippen molar-refractivity contribution in [2.45, 2.75) is 39.3 Å². The number of hydrogen-bond acceptors (Lipinski definition) is 4. The van der Waals surface area contributed by atoms with E-state index in [0.29, 0.717) is 23.0 Å². The van der Waals surface area contributed by atoms with E-state index in [0.717, 1.165) is 31.6 Å². The molecule has 6 heteroatoms. The van der Waals surface area contributed by atoms with Crippen molar-refractivity contribution in [3.8, 4) is 0 Å². The maximum Gasteiger partial charge on any atom is 0.283 e. The minimum absolute atomic E-state index is 0.0456. The Bertz CT molecular complexity index is 508. The molecule has 1 aromatic rings. The van der Waals surface area contributed by atoms with E-state index in [-0.39, 0.29) is 5.56 Å². The second-order valence-corrected chi connectivity index (χ2v) is 6.16. The van der Waals surface area contributed by atoms with Gasteiger partial charge in [0, 0.05) is 25.7 Å². The van der Waals surface area contributed by atoms with Crippen LogP contribution >= 0.6 is 15.9 Å². The molecular weight excluding hydrogens is 320 g/mol. The normalized spacial score (nSPS) is 18.3. The van der Waals surface area contributed by atoms with Gasteiger partial charge in [-0.15, -0.1) is 0 Å². The summed E-state index contributed by atoms with van der Waals surface area (Å²) in [5.41, 5.74) is 0.881. The van der Waals surface area contributed by atoms with E-state index in [2.05, 4.69) is 38.2 Å². The van der Waals surface area contributed by atoms with E-state index in [9.17, 15) is 4.79 Å². The summed E-state index contributed by atoms with van der Waals surface area (Å²) in [4.78, 5) is 14.4. The monoisotopic (exact) mass is 342 g/mol. The molecule has 112 valence electrons. The topological polar surface area (TPSA) is 50.2 Å². The summed E-state index contributed by atoms with van der Waals surface area (Å²) in [6, 6.07) is 0.548. The standard InChI is InChI=1S/C14H23BrN4O/c1-4-19-14(20)13(15)12(9-17-19)18-7-5-11(6-8-18)10(2)16-3/h9-11,16H,4-8H2,1-3H3. The average Bonchev–Trinajstić information content (AvgIpc) is 2.49. The predicted octanol–water partition coefficient (Wildman–Crippen LogP) is 1.85. The average molecular weight is 343 g/mol. The van der Waals surface area contributed by atoms with Gasteiger partial charge in [-0.1, -0.05) is 0 Å². The zero-order valence-corrected chi connectivity index (χ0v) is 14.0. The molecule has 0 spiro atoms. The van der Waals surface area contributed by atoms with E-state index in [4.69, 9.17) is 0 Å². The van der Waals surface area contributed by atoms with Gasteiger partial charge in [-0.05, 0) is 55.6 Å². The Hall–Kier alpha value is -0.880. The summed E-state index contributed by atoms with van der Waals surface area (Å²) in [5, 5.41) is 7.55. The number of hydrogen-bond donors (Lipinski definition) is 1. The Kier molecular flexibility index (Phi) is 5.21. The van der Waals surface area contributed by atoms with E-state index >= 15 is 0 Å². The SMILES string of the molecule is CCn1ncc(N2CCC(C(C)NC)CC2)c(Br)c1=O. The Morgan fingerprint density at radius 3 is 2.70 bits per heavy atom. The fourth-order valence-corrected chi connectivity index (χ4v) is 3.34. The summed E-state index contributed by atoms with van der Waals surface area (Å²) in [5.74, 6) is 0.707. The third-order valence-electron chi connectivity index (χ3n) is 4.31. The van der Waals surface area contributed by atoms with Crippen LogP contribution in [0.2, 0.25) is 0 Å². The minimum atomic E-state index is -0.0456. The lowest BCUT2D eigenvalue weighted by molar-refractivity contribution is 0.323. The molecule has 0 bridgehead atoms. The first kappa shape index (κ1) is 15.5. The summed E-state index contributed by atoms with van der Waals surface area (Å²) in [6.45, 7) is 6.71. The third kappa shape index (κ3) is 3.06. The van der Waals surface area contributed by atoms with Gasteiger partial charge in [0.25, 0.3) is 5.56 Å². The first-order valence-electron chi connectivity index (χ1n) is 7.26. The molecule has 1 unspecified atom stereocenters. The molecule has 1 saturated heterocycles. The van der Waals surface area contributed by atoms with Gasteiger partial charge in [0.1, 0.15) is 4.47 Å². The van der Waals surface area contributed by atoms with Crippen LogP contribution in [0.5, 0.6) is 0 Å². The number of aryl methyl sites for hydroxylation is 1. The van der Waals surface area contributed by atoms with Crippen LogP contribution in [0.3, 0.4) is 0 Å². The maximum absolute atomic E-state index is 12.1. The Morgan fingerprint density at radius 1 is 1.50 bits per heavy atom. The van der Waals surface area contributed by atoms with Crippen molar-refractivity contribution < 1.29 is 0 Å². The van der Waals surface area contributed by atoms with Crippen molar-refractivity contribution in [1.82, 2.24) is 15.1 Å². The van der Waals surface area contributed by atoms with E-state index < -0.39 is 0 Å². The second kappa shape index (κ2) is 6.72. The summed E-state index contributed by atoms with van der Waals surface area (Å²) in [7, 11) is 2.02. The Labute approximate surface area is 128 Å². The first-order valence-corrected chi connectivity index (χ1v) is 8.05. The molecule has 2 rings (SSSR count). The molecule has 0 saturated carbocycles. The molecule has 0 aromatic carbocycles. The fourth-order valence-electron chi connectivity index (χ4n) is 2.78. The van der Waals surface area contributed by atoms with Gasteiger partial charge in [-0.3, -0.25) is 4.79 Å². The van der Waals surface area contributed by atoms with Crippen LogP contribution in [0.25, 0.3) is 0 Å². The molecule has 1 N–H and O–H groups in total. The van der Waals surface area contributed by atoms with Gasteiger partial charge in [-0.2, -0.15) is 5.10 Å². The molecule has 1 aromatic heterocycles. The van der Waals surface area contributed by atoms with Crippen molar-refractivity contribution in [3.05, 3.63) is 21.0 Å². The molecule has 1 atom stereocenters. The van der Waals surface area contributed by atoms with Crippen LogP contribution in [0.15, 0.2) is 15.5 Å². The number of piperidine rings is 1. The highest BCUT2D eigenvalue weighted by molar-refractivity contribution is 9.10. The maximum atomic E-state index is 12.1. The molecule has 0 aliphatic carbocycles. The van der Waals surface area contributed by atoms with Gasteiger partial charge in [0.15, 0.2) is 0 Å². The second-order valence-electron chi connectivity index (χ2n) is 5.37. The lowest BCUT2D eigenvalue weighted by Gasteiger charge is -2.36. The highest BCUT2D eigenvalue weighted by atomic mass is 79.9. The smallest absolute Gasteiger partial charge is 0.283 e. The van der Waals surface area contributed by atoms with E-state index in [1.807, 2.05) is 14.0 Å². The molecule has 1 aliphatic rings. The summed E-state index contributed by atoms with van der Waals surface area (Å²) < 4.78 is 2.11. The first-order chi connectivity index (χ1) is 9.58. The van der Waals surface area contributed by atoms with Crippen molar-refractivity contribution in [2.24, 2.45) is 5.92 Å². The zero-order chi connectivity index (χ0) is 14.7. The highest BCUT2D eigenvalue weighted by Crippen LogP contribution is 2.28. The van der Waals surface area contributed by atoms with Gasteiger partial charge in [-0.25, -0.2) is 4.68 Å². The molecule has 0 radical (unpaired) electrons. The number of halogens is 1. The quantitative estimate of drug-likeness (QED) is 0.907. The molecule has 0 amide bonds. The zero-order valence-electron chi connectivity index (χ0n) is 12.4. The number of aromatic nitrogens is 2. The van der Waals surface area contributed by atoms with Crippen molar-refractivity contribution in [2.75, 3.05) is 25.0 Å². The van der Waals surface area contributed by atoms with Crippen LogP contribution < -0.4 is 15.8 Å². The largest absolute Gasteiger partial charge is 0.369 e. The molecule has 1 aliphatic heterocycles.